The first-order valence-electron chi connectivity index (χ1n) is 10.2. The van der Waals surface area contributed by atoms with E-state index in [1.54, 1.807) is 14.2 Å². The van der Waals surface area contributed by atoms with Gasteiger partial charge in [-0.05, 0) is 0 Å². The van der Waals surface area contributed by atoms with Crippen LogP contribution in [0.15, 0.2) is 109 Å². The maximum absolute atomic E-state index is 14.8. The van der Waals surface area contributed by atoms with Gasteiger partial charge in [0.1, 0.15) is 0 Å². The zero-order chi connectivity index (χ0) is 21.7. The Kier molecular flexibility index (Phi) is 6.42. The molecule has 4 heteroatoms. The van der Waals surface area contributed by atoms with Crippen molar-refractivity contribution < 1.29 is 14.3 Å². The molecule has 0 amide bonds. The zero-order valence-corrected chi connectivity index (χ0v) is 20.5. The van der Waals surface area contributed by atoms with E-state index in [1.807, 2.05) is 72.8 Å². The average Bonchev–Trinajstić information content (AvgIpc) is 2.86. The first-order chi connectivity index (χ1) is 15.2. The predicted octanol–water partition coefficient (Wildman–Crippen LogP) is 3.60. The third-order valence-electron chi connectivity index (χ3n) is 5.62. The van der Waals surface area contributed by atoms with Crippen LogP contribution in [0.25, 0.3) is 0 Å². The van der Waals surface area contributed by atoms with Gasteiger partial charge in [-0.15, -0.1) is 0 Å². The molecule has 0 atom stereocenters. The van der Waals surface area contributed by atoms with Gasteiger partial charge in [0.2, 0.25) is 0 Å². The second-order valence-electron chi connectivity index (χ2n) is 7.21. The van der Waals surface area contributed by atoms with Crippen LogP contribution in [0.4, 0.5) is 0 Å². The van der Waals surface area contributed by atoms with E-state index >= 15 is 0 Å². The SMILES string of the molecule is COc1cccc(OC)c1[C](=O)[Sn]([c]1ccccc1)([c]1ccccc1)[c]1ccccc1. The Bertz CT molecular complexity index is 1040. The van der Waals surface area contributed by atoms with Crippen LogP contribution < -0.4 is 20.2 Å². The van der Waals surface area contributed by atoms with E-state index < -0.39 is 18.4 Å². The molecule has 0 N–H and O–H groups in total. The fourth-order valence-corrected chi connectivity index (χ4v) is 17.0. The van der Waals surface area contributed by atoms with Gasteiger partial charge in [-0.2, -0.15) is 0 Å². The monoisotopic (exact) mass is 516 g/mol. The molecule has 31 heavy (non-hydrogen) atoms. The second kappa shape index (κ2) is 9.39. The van der Waals surface area contributed by atoms with Crippen molar-refractivity contribution in [2.24, 2.45) is 0 Å². The van der Waals surface area contributed by atoms with Crippen LogP contribution in [0.5, 0.6) is 11.5 Å². The maximum atomic E-state index is 14.8. The Morgan fingerprint density at radius 3 is 1.23 bits per heavy atom. The van der Waals surface area contributed by atoms with Crippen molar-refractivity contribution in [3.8, 4) is 11.5 Å². The van der Waals surface area contributed by atoms with Crippen molar-refractivity contribution >= 4 is 32.9 Å². The Labute approximate surface area is 187 Å². The molecule has 0 aromatic heterocycles. The first kappa shape index (κ1) is 21.2. The molecule has 4 rings (SSSR count). The molecule has 0 saturated heterocycles. The summed E-state index contributed by atoms with van der Waals surface area (Å²) in [7, 11) is 3.19. The van der Waals surface area contributed by atoms with Gasteiger partial charge in [0.25, 0.3) is 0 Å². The van der Waals surface area contributed by atoms with Crippen LogP contribution >= 0.6 is 0 Å². The molecule has 4 aromatic carbocycles. The van der Waals surface area contributed by atoms with E-state index in [0.29, 0.717) is 17.1 Å². The molecule has 154 valence electrons. The van der Waals surface area contributed by atoms with Crippen molar-refractivity contribution in [3.63, 3.8) is 0 Å². The van der Waals surface area contributed by atoms with Gasteiger partial charge in [0, 0.05) is 0 Å². The number of rotatable bonds is 7. The number of hydrogen-bond donors (Lipinski definition) is 0. The quantitative estimate of drug-likeness (QED) is 0.353. The summed E-state index contributed by atoms with van der Waals surface area (Å²) in [5, 5.41) is 0. The molecule has 0 bridgehead atoms. The number of carbonyl (C=O) groups is 1. The van der Waals surface area contributed by atoms with Crippen LogP contribution in [-0.2, 0) is 0 Å². The van der Waals surface area contributed by atoms with E-state index in [2.05, 4.69) is 36.4 Å². The van der Waals surface area contributed by atoms with Crippen LogP contribution in [-0.4, -0.2) is 36.4 Å². The molecular formula is C27H24O3Sn. The Balaban J connectivity index is 2.13. The van der Waals surface area contributed by atoms with Gasteiger partial charge in [-0.3, -0.25) is 0 Å². The minimum atomic E-state index is -4.23. The van der Waals surface area contributed by atoms with E-state index in [9.17, 15) is 4.79 Å². The fourth-order valence-electron chi connectivity index (χ4n) is 4.22. The summed E-state index contributed by atoms with van der Waals surface area (Å²) in [6.07, 6.45) is 0. The number of ether oxygens (including phenoxy) is 2. The van der Waals surface area contributed by atoms with Crippen LogP contribution in [0.3, 0.4) is 0 Å². The van der Waals surface area contributed by atoms with Crippen molar-refractivity contribution in [3.05, 3.63) is 115 Å². The van der Waals surface area contributed by atoms with Crippen molar-refractivity contribution in [1.29, 1.82) is 0 Å². The Hall–Kier alpha value is -3.05. The Morgan fingerprint density at radius 1 is 0.548 bits per heavy atom. The molecule has 0 spiro atoms. The summed E-state index contributed by atoms with van der Waals surface area (Å²) >= 11 is -4.23. The molecule has 0 aliphatic rings. The zero-order valence-electron chi connectivity index (χ0n) is 17.6. The normalized spacial score (nSPS) is 11.0. The van der Waals surface area contributed by atoms with Gasteiger partial charge in [-0.25, -0.2) is 0 Å². The number of methoxy groups -OCH3 is 2. The molecule has 3 nitrogen and oxygen atoms in total. The molecule has 0 fully saturated rings. The molecule has 0 radical (unpaired) electrons. The molecular weight excluding hydrogens is 491 g/mol. The van der Waals surface area contributed by atoms with Gasteiger partial charge in [0.15, 0.2) is 0 Å². The molecule has 0 aliphatic heterocycles. The number of carbonyl (C=O) groups excluding carboxylic acids is 1. The Morgan fingerprint density at radius 2 is 0.903 bits per heavy atom. The molecule has 4 aromatic rings. The average molecular weight is 515 g/mol. The molecule has 0 heterocycles. The summed E-state index contributed by atoms with van der Waals surface area (Å²) in [6.45, 7) is 0. The van der Waals surface area contributed by atoms with Gasteiger partial charge < -0.3 is 0 Å². The first-order valence-corrected chi connectivity index (χ1v) is 15.9. The molecule has 0 aliphatic carbocycles. The number of hydrogen-bond acceptors (Lipinski definition) is 3. The van der Waals surface area contributed by atoms with Crippen molar-refractivity contribution in [2.75, 3.05) is 14.2 Å². The van der Waals surface area contributed by atoms with Crippen LogP contribution in [0.2, 0.25) is 0 Å². The van der Waals surface area contributed by atoms with Crippen molar-refractivity contribution in [1.82, 2.24) is 0 Å². The topological polar surface area (TPSA) is 35.5 Å². The molecule has 0 unspecified atom stereocenters. The van der Waals surface area contributed by atoms with Gasteiger partial charge in [0.05, 0.1) is 0 Å². The summed E-state index contributed by atoms with van der Waals surface area (Å²) < 4.78 is 14.7. The summed E-state index contributed by atoms with van der Waals surface area (Å²) in [4.78, 5) is 14.8. The van der Waals surface area contributed by atoms with Gasteiger partial charge in [-0.1, -0.05) is 0 Å². The van der Waals surface area contributed by atoms with Crippen LogP contribution in [0, 0.1) is 0 Å². The summed E-state index contributed by atoms with van der Waals surface area (Å²) in [6, 6.07) is 36.1. The predicted molar refractivity (Wildman–Crippen MR) is 128 cm³/mol. The number of benzene rings is 4. The van der Waals surface area contributed by atoms with Crippen molar-refractivity contribution in [2.45, 2.75) is 0 Å². The van der Waals surface area contributed by atoms with Gasteiger partial charge >= 0.3 is 188 Å². The van der Waals surface area contributed by atoms with E-state index in [-0.39, 0.29) is 3.80 Å². The third-order valence-corrected chi connectivity index (χ3v) is 18.5. The summed E-state index contributed by atoms with van der Waals surface area (Å²) in [5.41, 5.74) is 0.514. The minimum absolute atomic E-state index is 0.104. The third kappa shape index (κ3) is 3.74. The van der Waals surface area contributed by atoms with E-state index in [1.165, 1.54) is 0 Å². The van der Waals surface area contributed by atoms with E-state index in [4.69, 9.17) is 9.47 Å². The standard InChI is InChI=1S/C9H9O3.3C6H5.Sn/c1-11-8-4-3-5-9(12-2)7(8)6-10;3*1-2-4-6-5-3-1;/h3-5H,1-2H3;3*1-5H;. The summed E-state index contributed by atoms with van der Waals surface area (Å²) in [5.74, 6) is 1.07. The second-order valence-corrected chi connectivity index (χ2v) is 17.7. The molecule has 0 saturated carbocycles. The van der Waals surface area contributed by atoms with Crippen LogP contribution in [0.1, 0.15) is 10.4 Å². The van der Waals surface area contributed by atoms with E-state index in [0.717, 1.165) is 10.7 Å². The fraction of sp³-hybridized carbons (Fsp3) is 0.0741.